The molecule has 1 saturated heterocycles. The molecule has 5 rings (SSSR count). The van der Waals surface area contributed by atoms with Gasteiger partial charge < -0.3 is 10.6 Å². The van der Waals surface area contributed by atoms with Gasteiger partial charge in [0, 0.05) is 12.2 Å². The van der Waals surface area contributed by atoms with Crippen molar-refractivity contribution in [1.82, 2.24) is 10.2 Å². The first kappa shape index (κ1) is 19.5. The maximum atomic E-state index is 13.3. The molecule has 3 aliphatic rings. The molecule has 0 aromatic heterocycles. The molecule has 1 heterocycles. The lowest BCUT2D eigenvalue weighted by Crippen LogP contribution is -2.43. The number of anilines is 1. The molecular weight excluding hydrogens is 390 g/mol. The Morgan fingerprint density at radius 1 is 0.968 bits per heavy atom. The lowest BCUT2D eigenvalue weighted by atomic mass is 9.85. The fraction of sp³-hybridized carbons (Fsp3) is 0.320. The molecule has 2 fully saturated rings. The maximum absolute atomic E-state index is 13.3. The number of nitrogens with zero attached hydrogens (tertiary/aromatic N) is 1. The third kappa shape index (κ3) is 3.42. The van der Waals surface area contributed by atoms with Crippen molar-refractivity contribution < 1.29 is 14.4 Å². The van der Waals surface area contributed by atoms with Gasteiger partial charge in [-0.15, -0.1) is 0 Å². The van der Waals surface area contributed by atoms with Crippen molar-refractivity contribution in [3.63, 3.8) is 0 Å². The van der Waals surface area contributed by atoms with Crippen LogP contribution in [0.4, 0.5) is 10.5 Å². The average molecular weight is 415 g/mol. The fourth-order valence-electron chi connectivity index (χ4n) is 5.27. The number of rotatable bonds is 5. The number of imide groups is 1. The number of fused-ring (bicyclic) bond motifs is 5. The highest BCUT2D eigenvalue weighted by Gasteiger charge is 2.60. The molecular formula is C25H25N3O3. The van der Waals surface area contributed by atoms with E-state index in [1.54, 1.807) is 0 Å². The smallest absolute Gasteiger partial charge is 0.319 e. The minimum absolute atomic E-state index is 0.110. The first-order chi connectivity index (χ1) is 15.0. The molecule has 0 spiro atoms. The molecule has 2 aromatic rings. The Morgan fingerprint density at radius 2 is 1.58 bits per heavy atom. The number of benzene rings is 2. The van der Waals surface area contributed by atoms with E-state index in [0.29, 0.717) is 5.69 Å². The number of allylic oxidation sites excluding steroid dienone is 2. The minimum atomic E-state index is -0.532. The van der Waals surface area contributed by atoms with Crippen LogP contribution in [0, 0.1) is 30.6 Å². The van der Waals surface area contributed by atoms with Gasteiger partial charge in [-0.3, -0.25) is 14.5 Å². The summed E-state index contributed by atoms with van der Waals surface area (Å²) in [4.78, 5) is 40.5. The molecule has 2 bridgehead atoms. The summed E-state index contributed by atoms with van der Waals surface area (Å²) >= 11 is 0. The van der Waals surface area contributed by atoms with Gasteiger partial charge in [0.25, 0.3) is 0 Å². The zero-order valence-corrected chi connectivity index (χ0v) is 17.3. The van der Waals surface area contributed by atoms with E-state index in [-0.39, 0.29) is 48.1 Å². The summed E-state index contributed by atoms with van der Waals surface area (Å²) in [6.45, 7) is 2.14. The van der Waals surface area contributed by atoms with E-state index in [0.717, 1.165) is 17.5 Å². The molecule has 1 saturated carbocycles. The summed E-state index contributed by atoms with van der Waals surface area (Å²) < 4.78 is 0. The number of aryl methyl sites for hydroxylation is 1. The molecule has 0 radical (unpaired) electrons. The van der Waals surface area contributed by atoms with Gasteiger partial charge in [0.1, 0.15) is 0 Å². The normalized spacial score (nSPS) is 26.8. The summed E-state index contributed by atoms with van der Waals surface area (Å²) in [6.07, 6.45) is 5.07. The average Bonchev–Trinajstić information content (AvgIpc) is 3.46. The van der Waals surface area contributed by atoms with Crippen molar-refractivity contribution in [1.29, 1.82) is 0 Å². The molecule has 2 aliphatic carbocycles. The van der Waals surface area contributed by atoms with Gasteiger partial charge in [0.2, 0.25) is 11.8 Å². The van der Waals surface area contributed by atoms with E-state index in [1.807, 2.05) is 61.5 Å². The largest absolute Gasteiger partial charge is 0.335 e. The molecule has 2 N–H and O–H groups in total. The van der Waals surface area contributed by atoms with Crippen LogP contribution < -0.4 is 10.6 Å². The summed E-state index contributed by atoms with van der Waals surface area (Å²) in [5, 5.41) is 5.66. The number of amides is 4. The van der Waals surface area contributed by atoms with Crippen LogP contribution in [-0.4, -0.2) is 29.3 Å². The zero-order valence-electron chi connectivity index (χ0n) is 17.3. The number of hydrogen-bond donors (Lipinski definition) is 2. The van der Waals surface area contributed by atoms with E-state index in [4.69, 9.17) is 0 Å². The van der Waals surface area contributed by atoms with Gasteiger partial charge in [0.05, 0.1) is 17.9 Å². The van der Waals surface area contributed by atoms with E-state index in [1.165, 1.54) is 4.90 Å². The van der Waals surface area contributed by atoms with Crippen LogP contribution in [0.15, 0.2) is 66.7 Å². The molecule has 158 valence electrons. The van der Waals surface area contributed by atoms with E-state index in [9.17, 15) is 14.4 Å². The second kappa shape index (κ2) is 7.69. The quantitative estimate of drug-likeness (QED) is 0.578. The number of likely N-dealkylation sites (tertiary alicyclic amines) is 1. The predicted molar refractivity (Wildman–Crippen MR) is 117 cm³/mol. The maximum Gasteiger partial charge on any atom is 0.319 e. The van der Waals surface area contributed by atoms with Gasteiger partial charge in [-0.1, -0.05) is 60.2 Å². The predicted octanol–water partition coefficient (Wildman–Crippen LogP) is 3.66. The molecule has 6 nitrogen and oxygen atoms in total. The van der Waals surface area contributed by atoms with E-state index in [2.05, 4.69) is 22.8 Å². The highest BCUT2D eigenvalue weighted by atomic mass is 16.2. The SMILES string of the molecule is Cc1ccc(NC(=O)NCC(c2ccccc2)N2C(=O)C3C4C=CC(C4)C3C2=O)cc1. The highest BCUT2D eigenvalue weighted by Crippen LogP contribution is 2.53. The van der Waals surface area contributed by atoms with Crippen LogP contribution >= 0.6 is 0 Å². The second-order valence-corrected chi connectivity index (χ2v) is 8.67. The molecule has 6 heteroatoms. The number of carbonyl (C=O) groups is 3. The van der Waals surface area contributed by atoms with Crippen LogP contribution in [0.1, 0.15) is 23.6 Å². The lowest BCUT2D eigenvalue weighted by molar-refractivity contribution is -0.143. The van der Waals surface area contributed by atoms with Gasteiger partial charge in [-0.25, -0.2) is 4.79 Å². The van der Waals surface area contributed by atoms with Crippen LogP contribution in [-0.2, 0) is 9.59 Å². The molecule has 2 aromatic carbocycles. The lowest BCUT2D eigenvalue weighted by Gasteiger charge is -2.28. The van der Waals surface area contributed by atoms with Crippen molar-refractivity contribution in [2.45, 2.75) is 19.4 Å². The first-order valence-electron chi connectivity index (χ1n) is 10.7. The number of hydrogen-bond acceptors (Lipinski definition) is 3. The molecule has 1 aliphatic heterocycles. The van der Waals surface area contributed by atoms with Gasteiger partial charge in [-0.05, 0) is 42.9 Å². The Kier molecular flexibility index (Phi) is 4.85. The monoisotopic (exact) mass is 415 g/mol. The van der Waals surface area contributed by atoms with Crippen molar-refractivity contribution in [2.75, 3.05) is 11.9 Å². The van der Waals surface area contributed by atoms with Crippen molar-refractivity contribution in [3.05, 3.63) is 77.9 Å². The van der Waals surface area contributed by atoms with Gasteiger partial charge in [-0.2, -0.15) is 0 Å². The summed E-state index contributed by atoms with van der Waals surface area (Å²) in [7, 11) is 0. The zero-order chi connectivity index (χ0) is 21.5. The number of urea groups is 1. The Hall–Kier alpha value is -3.41. The topological polar surface area (TPSA) is 78.5 Å². The molecule has 4 amide bonds. The third-order valence-corrected chi connectivity index (χ3v) is 6.77. The Balaban J connectivity index is 1.35. The Bertz CT molecular complexity index is 1020. The highest BCUT2D eigenvalue weighted by molar-refractivity contribution is 6.07. The third-order valence-electron chi connectivity index (χ3n) is 6.77. The number of nitrogens with one attached hydrogen (secondary N) is 2. The molecule has 5 atom stereocenters. The van der Waals surface area contributed by atoms with Crippen LogP contribution in [0.5, 0.6) is 0 Å². The van der Waals surface area contributed by atoms with Crippen LogP contribution in [0.3, 0.4) is 0 Å². The summed E-state index contributed by atoms with van der Waals surface area (Å²) in [6, 6.07) is 16.1. The standard InChI is InChI=1S/C25H25N3O3/c1-15-7-11-19(12-8-15)27-25(31)26-14-20(16-5-3-2-4-6-16)28-23(29)21-17-9-10-18(13-17)22(21)24(28)30/h2-12,17-18,20-22H,13-14H2,1H3,(H2,26,27,31). The van der Waals surface area contributed by atoms with Crippen LogP contribution in [0.2, 0.25) is 0 Å². The van der Waals surface area contributed by atoms with Gasteiger partial charge >= 0.3 is 6.03 Å². The Labute approximate surface area is 181 Å². The molecule has 5 unspecified atom stereocenters. The first-order valence-corrected chi connectivity index (χ1v) is 10.7. The minimum Gasteiger partial charge on any atom is -0.335 e. The van der Waals surface area contributed by atoms with Crippen molar-refractivity contribution in [2.24, 2.45) is 23.7 Å². The number of carbonyl (C=O) groups excluding carboxylic acids is 3. The van der Waals surface area contributed by atoms with E-state index >= 15 is 0 Å². The van der Waals surface area contributed by atoms with Crippen molar-refractivity contribution in [3.8, 4) is 0 Å². The fourth-order valence-corrected chi connectivity index (χ4v) is 5.27. The van der Waals surface area contributed by atoms with Gasteiger partial charge in [0.15, 0.2) is 0 Å². The molecule has 31 heavy (non-hydrogen) atoms. The Morgan fingerprint density at radius 3 is 2.19 bits per heavy atom. The summed E-state index contributed by atoms with van der Waals surface area (Å²) in [5.74, 6) is -0.413. The second-order valence-electron chi connectivity index (χ2n) is 8.67. The van der Waals surface area contributed by atoms with Crippen molar-refractivity contribution >= 4 is 23.5 Å². The summed E-state index contributed by atoms with van der Waals surface area (Å²) in [5.41, 5.74) is 2.63. The van der Waals surface area contributed by atoms with Crippen LogP contribution in [0.25, 0.3) is 0 Å². The van der Waals surface area contributed by atoms with E-state index < -0.39 is 6.04 Å².